The van der Waals surface area contributed by atoms with Crippen LogP contribution in [0, 0.1) is 18.3 Å². The highest BCUT2D eigenvalue weighted by molar-refractivity contribution is 7.19. The van der Waals surface area contributed by atoms with Gasteiger partial charge in [-0.3, -0.25) is 0 Å². The number of aryl methyl sites for hydroxylation is 1. The maximum Gasteiger partial charge on any atom is 0.131 e. The zero-order valence-electron chi connectivity index (χ0n) is 13.2. The quantitative estimate of drug-likeness (QED) is 0.610. The second kappa shape index (κ2) is 7.49. The van der Waals surface area contributed by atoms with Gasteiger partial charge < -0.3 is 11.1 Å². The summed E-state index contributed by atoms with van der Waals surface area (Å²) >= 11 is 9.61. The first-order valence-electron chi connectivity index (χ1n) is 7.55. The third-order valence-electron chi connectivity index (χ3n) is 3.77. The van der Waals surface area contributed by atoms with E-state index in [1.165, 1.54) is 9.75 Å². The summed E-state index contributed by atoms with van der Waals surface area (Å²) in [5.74, 6) is 0. The van der Waals surface area contributed by atoms with Gasteiger partial charge in [-0.05, 0) is 30.4 Å². The van der Waals surface area contributed by atoms with Crippen LogP contribution in [0.5, 0.6) is 0 Å². The Balaban J connectivity index is 1.92. The van der Waals surface area contributed by atoms with E-state index >= 15 is 0 Å². The van der Waals surface area contributed by atoms with Crippen LogP contribution in [0.25, 0.3) is 10.2 Å². The Morgan fingerprint density at radius 1 is 1.50 bits per heavy atom. The smallest absolute Gasteiger partial charge is 0.131 e. The van der Waals surface area contributed by atoms with Gasteiger partial charge >= 0.3 is 0 Å². The number of fused-ring (bicyclic) bond motifs is 1. The predicted molar refractivity (Wildman–Crippen MR) is 103 cm³/mol. The van der Waals surface area contributed by atoms with E-state index in [1.54, 1.807) is 22.7 Å². The van der Waals surface area contributed by atoms with E-state index in [0.29, 0.717) is 18.0 Å². The van der Waals surface area contributed by atoms with Gasteiger partial charge in [0, 0.05) is 28.4 Å². The molecule has 1 atom stereocenters. The highest BCUT2D eigenvalue weighted by Gasteiger charge is 2.16. The largest absolute Gasteiger partial charge is 0.379 e. The third kappa shape index (κ3) is 3.70. The number of hydrogen-bond acceptors (Lipinski definition) is 6. The summed E-state index contributed by atoms with van der Waals surface area (Å²) in [6.07, 6.45) is 1.04. The molecule has 3 aromatic heterocycles. The van der Waals surface area contributed by atoms with E-state index in [1.807, 2.05) is 19.1 Å². The number of rotatable bonds is 6. The predicted octanol–water partition coefficient (Wildman–Crippen LogP) is 4.72. The molecular formula is C17H17ClN4S2. The molecule has 0 spiro atoms. The molecule has 7 heteroatoms. The van der Waals surface area contributed by atoms with Gasteiger partial charge in [0.15, 0.2) is 0 Å². The Hall–Kier alpha value is -1.65. The van der Waals surface area contributed by atoms with Crippen molar-refractivity contribution in [2.75, 3.05) is 5.32 Å². The molecule has 0 amide bonds. The van der Waals surface area contributed by atoms with E-state index in [9.17, 15) is 0 Å². The van der Waals surface area contributed by atoms with E-state index < -0.39 is 0 Å². The highest BCUT2D eigenvalue weighted by atomic mass is 35.5. The number of pyridine rings is 1. The molecule has 0 saturated heterocycles. The summed E-state index contributed by atoms with van der Waals surface area (Å²) in [5, 5.41) is 14.8. The molecule has 0 unspecified atom stereocenters. The minimum absolute atomic E-state index is 0.153. The Kier molecular flexibility index (Phi) is 5.36. The Morgan fingerprint density at radius 2 is 2.33 bits per heavy atom. The van der Waals surface area contributed by atoms with Crippen LogP contribution in [0.3, 0.4) is 0 Å². The summed E-state index contributed by atoms with van der Waals surface area (Å²) in [4.78, 5) is 6.92. The molecule has 4 nitrogen and oxygen atoms in total. The monoisotopic (exact) mass is 376 g/mol. The number of hydrogen-bond donors (Lipinski definition) is 2. The lowest BCUT2D eigenvalue weighted by atomic mass is 10.1. The third-order valence-corrected chi connectivity index (χ3v) is 6.18. The molecule has 0 saturated carbocycles. The van der Waals surface area contributed by atoms with Gasteiger partial charge in [0.25, 0.3) is 0 Å². The van der Waals surface area contributed by atoms with Crippen LogP contribution >= 0.6 is 34.3 Å². The summed E-state index contributed by atoms with van der Waals surface area (Å²) in [6, 6.07) is 7.99. The SMILES string of the molecule is Cc1c(C[C@@H](N)CC#N)sc2c(NCc3cccs3)cc(Cl)nc12. The number of nitrogens with one attached hydrogen (secondary N) is 1. The average molecular weight is 377 g/mol. The molecule has 0 radical (unpaired) electrons. The molecule has 0 aliphatic heterocycles. The van der Waals surface area contributed by atoms with Crippen molar-refractivity contribution in [2.45, 2.75) is 32.4 Å². The first-order valence-corrected chi connectivity index (χ1v) is 9.63. The molecular weight excluding hydrogens is 360 g/mol. The molecule has 0 aromatic carbocycles. The second-order valence-electron chi connectivity index (χ2n) is 5.58. The minimum atomic E-state index is -0.153. The highest BCUT2D eigenvalue weighted by Crippen LogP contribution is 2.37. The number of nitrogens with two attached hydrogens (primary N) is 1. The van der Waals surface area contributed by atoms with Crippen LogP contribution in [0.4, 0.5) is 5.69 Å². The van der Waals surface area contributed by atoms with Gasteiger partial charge in [0.1, 0.15) is 5.15 Å². The zero-order chi connectivity index (χ0) is 17.1. The van der Waals surface area contributed by atoms with Crippen molar-refractivity contribution < 1.29 is 0 Å². The summed E-state index contributed by atoms with van der Waals surface area (Å²) in [6.45, 7) is 2.80. The van der Waals surface area contributed by atoms with Crippen LogP contribution in [0.2, 0.25) is 5.15 Å². The van der Waals surface area contributed by atoms with Gasteiger partial charge in [-0.25, -0.2) is 4.98 Å². The minimum Gasteiger partial charge on any atom is -0.379 e. The lowest BCUT2D eigenvalue weighted by molar-refractivity contribution is 0.690. The number of nitrogens with zero attached hydrogens (tertiary/aromatic N) is 2. The van der Waals surface area contributed by atoms with Crippen molar-refractivity contribution in [2.24, 2.45) is 5.73 Å². The molecule has 0 bridgehead atoms. The van der Waals surface area contributed by atoms with Crippen LogP contribution in [0.1, 0.15) is 21.7 Å². The molecule has 24 heavy (non-hydrogen) atoms. The lowest BCUT2D eigenvalue weighted by Crippen LogP contribution is -2.21. The number of thiophene rings is 2. The number of aromatic nitrogens is 1. The molecule has 0 aliphatic rings. The van der Waals surface area contributed by atoms with Gasteiger partial charge in [0.05, 0.1) is 28.4 Å². The van der Waals surface area contributed by atoms with Crippen molar-refractivity contribution in [3.8, 4) is 6.07 Å². The number of halogens is 1. The van der Waals surface area contributed by atoms with E-state index in [4.69, 9.17) is 22.6 Å². The molecule has 3 N–H and O–H groups in total. The maximum atomic E-state index is 8.80. The normalized spacial score (nSPS) is 12.2. The number of anilines is 1. The van der Waals surface area contributed by atoms with Crippen LogP contribution < -0.4 is 11.1 Å². The standard InChI is InChI=1S/C17H17ClN4S2/c1-10-14(7-11(20)4-5-19)24-17-13(8-15(18)22-16(10)17)21-9-12-3-2-6-23-12/h2-3,6,8,11H,4,7,9,20H2,1H3,(H,21,22)/t11-/m0/s1. The molecule has 3 rings (SSSR count). The van der Waals surface area contributed by atoms with Crippen LogP contribution in [-0.4, -0.2) is 11.0 Å². The van der Waals surface area contributed by atoms with Crippen molar-refractivity contribution in [1.29, 1.82) is 5.26 Å². The maximum absolute atomic E-state index is 8.80. The van der Waals surface area contributed by atoms with Crippen LogP contribution in [0.15, 0.2) is 23.6 Å². The lowest BCUT2D eigenvalue weighted by Gasteiger charge is -2.06. The summed E-state index contributed by atoms with van der Waals surface area (Å²) < 4.78 is 1.09. The van der Waals surface area contributed by atoms with Crippen LogP contribution in [-0.2, 0) is 13.0 Å². The molecule has 3 heterocycles. The topological polar surface area (TPSA) is 74.7 Å². The van der Waals surface area contributed by atoms with E-state index in [0.717, 1.165) is 28.0 Å². The molecule has 124 valence electrons. The van der Waals surface area contributed by atoms with E-state index in [-0.39, 0.29) is 6.04 Å². The zero-order valence-corrected chi connectivity index (χ0v) is 15.6. The summed E-state index contributed by atoms with van der Waals surface area (Å²) in [7, 11) is 0. The Bertz CT molecular complexity index is 880. The molecule has 3 aromatic rings. The fourth-order valence-corrected chi connectivity index (χ4v) is 4.71. The van der Waals surface area contributed by atoms with Gasteiger partial charge in [-0.15, -0.1) is 22.7 Å². The summed E-state index contributed by atoms with van der Waals surface area (Å²) in [5.41, 5.74) is 9.03. The van der Waals surface area contributed by atoms with Gasteiger partial charge in [-0.2, -0.15) is 5.26 Å². The fraction of sp³-hybridized carbons (Fsp3) is 0.294. The fourth-order valence-electron chi connectivity index (χ4n) is 2.54. The molecule has 0 aliphatic carbocycles. The van der Waals surface area contributed by atoms with Crippen molar-refractivity contribution in [3.63, 3.8) is 0 Å². The second-order valence-corrected chi connectivity index (χ2v) is 8.10. The Morgan fingerprint density at radius 3 is 3.04 bits per heavy atom. The van der Waals surface area contributed by atoms with Crippen molar-refractivity contribution in [3.05, 3.63) is 44.1 Å². The average Bonchev–Trinajstić information content (AvgIpc) is 3.15. The first-order chi connectivity index (χ1) is 11.6. The van der Waals surface area contributed by atoms with E-state index in [2.05, 4.69) is 27.8 Å². The first kappa shape index (κ1) is 17.2. The van der Waals surface area contributed by atoms with Crippen molar-refractivity contribution >= 4 is 50.2 Å². The van der Waals surface area contributed by atoms with Gasteiger partial charge in [0.2, 0.25) is 0 Å². The molecule has 0 fully saturated rings. The Labute approximate surface area is 153 Å². The van der Waals surface area contributed by atoms with Crippen molar-refractivity contribution in [1.82, 2.24) is 4.98 Å². The van der Waals surface area contributed by atoms with Gasteiger partial charge in [-0.1, -0.05) is 17.7 Å². The number of nitriles is 1.